The fourth-order valence-electron chi connectivity index (χ4n) is 1.31. The molecule has 90 valence electrons. The molecule has 0 aliphatic carbocycles. The minimum atomic E-state index is -0.250. The number of rotatable bonds is 7. The van der Waals surface area contributed by atoms with E-state index in [1.54, 1.807) is 6.92 Å². The molecule has 0 saturated carbocycles. The van der Waals surface area contributed by atoms with Crippen molar-refractivity contribution in [2.24, 2.45) is 0 Å². The van der Waals surface area contributed by atoms with Crippen LogP contribution in [0.25, 0.3) is 0 Å². The van der Waals surface area contributed by atoms with E-state index in [2.05, 4.69) is 12.2 Å². The van der Waals surface area contributed by atoms with Crippen LogP contribution in [0.3, 0.4) is 0 Å². The fourth-order valence-corrected chi connectivity index (χ4v) is 1.31. The lowest BCUT2D eigenvalue weighted by Crippen LogP contribution is -2.09. The minimum Gasteiger partial charge on any atom is -0.494 e. The maximum absolute atomic E-state index is 9.11. The molecule has 0 spiro atoms. The van der Waals surface area contributed by atoms with Crippen LogP contribution in [-0.2, 0) is 0 Å². The molecule has 2 N–H and O–H groups in total. The molecular formula is C13H21NO2. The maximum atomic E-state index is 9.11. The number of hydrogen-bond donors (Lipinski definition) is 2. The molecule has 0 aliphatic rings. The molecule has 0 fully saturated rings. The van der Waals surface area contributed by atoms with Crippen molar-refractivity contribution in [2.75, 3.05) is 18.5 Å². The summed E-state index contributed by atoms with van der Waals surface area (Å²) in [7, 11) is 0. The molecule has 0 saturated heterocycles. The molecule has 1 atom stereocenters. The molecule has 0 amide bonds. The van der Waals surface area contributed by atoms with E-state index >= 15 is 0 Å². The second-order valence-corrected chi connectivity index (χ2v) is 3.94. The number of aliphatic hydroxyl groups excluding tert-OH is 1. The van der Waals surface area contributed by atoms with Gasteiger partial charge in [-0.25, -0.2) is 0 Å². The second-order valence-electron chi connectivity index (χ2n) is 3.94. The average molecular weight is 223 g/mol. The molecule has 1 unspecified atom stereocenters. The number of benzene rings is 1. The zero-order valence-corrected chi connectivity index (χ0v) is 10.1. The van der Waals surface area contributed by atoms with Crippen molar-refractivity contribution in [2.45, 2.75) is 32.8 Å². The highest BCUT2D eigenvalue weighted by molar-refractivity contribution is 5.46. The lowest BCUT2D eigenvalue weighted by atomic mass is 10.2. The Labute approximate surface area is 97.4 Å². The summed E-state index contributed by atoms with van der Waals surface area (Å²) in [6, 6.07) is 7.90. The van der Waals surface area contributed by atoms with Gasteiger partial charge in [-0.05, 0) is 44.0 Å². The SMILES string of the molecule is CCCOc1ccc(NCCC(C)O)cc1. The van der Waals surface area contributed by atoms with Gasteiger partial charge in [0.15, 0.2) is 0 Å². The van der Waals surface area contributed by atoms with E-state index in [4.69, 9.17) is 9.84 Å². The smallest absolute Gasteiger partial charge is 0.119 e. The van der Waals surface area contributed by atoms with Crippen molar-refractivity contribution in [3.8, 4) is 5.75 Å². The van der Waals surface area contributed by atoms with Gasteiger partial charge in [-0.15, -0.1) is 0 Å². The molecule has 1 aromatic rings. The van der Waals surface area contributed by atoms with Gasteiger partial charge in [-0.2, -0.15) is 0 Å². The monoisotopic (exact) mass is 223 g/mol. The van der Waals surface area contributed by atoms with Crippen molar-refractivity contribution < 1.29 is 9.84 Å². The van der Waals surface area contributed by atoms with E-state index < -0.39 is 0 Å². The van der Waals surface area contributed by atoms with Crippen LogP contribution in [0.15, 0.2) is 24.3 Å². The second kappa shape index (κ2) is 7.12. The molecule has 0 heterocycles. The Hall–Kier alpha value is -1.22. The van der Waals surface area contributed by atoms with Crippen LogP contribution in [0.4, 0.5) is 5.69 Å². The Bertz CT molecular complexity index is 282. The van der Waals surface area contributed by atoms with E-state index in [-0.39, 0.29) is 6.10 Å². The first-order valence-corrected chi connectivity index (χ1v) is 5.87. The number of anilines is 1. The highest BCUT2D eigenvalue weighted by Crippen LogP contribution is 2.15. The Morgan fingerprint density at radius 2 is 2.00 bits per heavy atom. The summed E-state index contributed by atoms with van der Waals surface area (Å²) in [5.74, 6) is 0.905. The van der Waals surface area contributed by atoms with E-state index in [9.17, 15) is 0 Å². The van der Waals surface area contributed by atoms with Gasteiger partial charge in [0.2, 0.25) is 0 Å². The van der Waals surface area contributed by atoms with Crippen molar-refractivity contribution >= 4 is 5.69 Å². The third-order valence-corrected chi connectivity index (χ3v) is 2.22. The lowest BCUT2D eigenvalue weighted by molar-refractivity contribution is 0.189. The zero-order valence-electron chi connectivity index (χ0n) is 10.1. The summed E-state index contributed by atoms with van der Waals surface area (Å²) in [4.78, 5) is 0. The van der Waals surface area contributed by atoms with Crippen molar-refractivity contribution in [1.82, 2.24) is 0 Å². The summed E-state index contributed by atoms with van der Waals surface area (Å²) < 4.78 is 5.49. The third-order valence-electron chi connectivity index (χ3n) is 2.22. The first-order chi connectivity index (χ1) is 7.72. The van der Waals surface area contributed by atoms with E-state index in [1.807, 2.05) is 24.3 Å². The van der Waals surface area contributed by atoms with E-state index in [0.29, 0.717) is 0 Å². The van der Waals surface area contributed by atoms with Crippen LogP contribution < -0.4 is 10.1 Å². The molecule has 0 radical (unpaired) electrons. The fraction of sp³-hybridized carbons (Fsp3) is 0.538. The standard InChI is InChI=1S/C13H21NO2/c1-3-10-16-13-6-4-12(5-7-13)14-9-8-11(2)15/h4-7,11,14-15H,3,8-10H2,1-2H3. The topological polar surface area (TPSA) is 41.5 Å². The van der Waals surface area contributed by atoms with Crippen molar-refractivity contribution in [1.29, 1.82) is 0 Å². The van der Waals surface area contributed by atoms with Gasteiger partial charge in [0.25, 0.3) is 0 Å². The molecule has 1 aromatic carbocycles. The highest BCUT2D eigenvalue weighted by atomic mass is 16.5. The first-order valence-electron chi connectivity index (χ1n) is 5.87. The summed E-state index contributed by atoms with van der Waals surface area (Å²) >= 11 is 0. The van der Waals surface area contributed by atoms with Crippen molar-refractivity contribution in [3.05, 3.63) is 24.3 Å². The van der Waals surface area contributed by atoms with Gasteiger partial charge in [0, 0.05) is 12.2 Å². The van der Waals surface area contributed by atoms with Gasteiger partial charge in [0.05, 0.1) is 12.7 Å². The minimum absolute atomic E-state index is 0.250. The van der Waals surface area contributed by atoms with Gasteiger partial charge in [-0.1, -0.05) is 6.92 Å². The highest BCUT2D eigenvalue weighted by Gasteiger charge is 1.97. The molecule has 0 aromatic heterocycles. The van der Waals surface area contributed by atoms with Crippen LogP contribution in [0.1, 0.15) is 26.7 Å². The molecule has 3 nitrogen and oxygen atoms in total. The molecular weight excluding hydrogens is 202 g/mol. The van der Waals surface area contributed by atoms with Crippen molar-refractivity contribution in [3.63, 3.8) is 0 Å². The first kappa shape index (κ1) is 12.8. The van der Waals surface area contributed by atoms with E-state index in [1.165, 1.54) is 0 Å². The van der Waals surface area contributed by atoms with Gasteiger partial charge in [0.1, 0.15) is 5.75 Å². The summed E-state index contributed by atoms with van der Waals surface area (Å²) in [5, 5.41) is 12.4. The summed E-state index contributed by atoms with van der Waals surface area (Å²) in [6.07, 6.45) is 1.53. The number of nitrogens with one attached hydrogen (secondary N) is 1. The Morgan fingerprint density at radius 1 is 1.31 bits per heavy atom. The molecule has 0 bridgehead atoms. The van der Waals surface area contributed by atoms with Gasteiger partial charge >= 0.3 is 0 Å². The van der Waals surface area contributed by atoms with Crippen LogP contribution in [0, 0.1) is 0 Å². The summed E-state index contributed by atoms with van der Waals surface area (Å²) in [5.41, 5.74) is 1.06. The zero-order chi connectivity index (χ0) is 11.8. The summed E-state index contributed by atoms with van der Waals surface area (Å²) in [6.45, 7) is 5.43. The third kappa shape index (κ3) is 5.03. The molecule has 0 aliphatic heterocycles. The Balaban J connectivity index is 2.33. The number of hydrogen-bond acceptors (Lipinski definition) is 3. The number of aliphatic hydroxyl groups is 1. The Kier molecular flexibility index (Phi) is 5.72. The van der Waals surface area contributed by atoms with Crippen LogP contribution in [0.2, 0.25) is 0 Å². The maximum Gasteiger partial charge on any atom is 0.119 e. The molecule has 16 heavy (non-hydrogen) atoms. The van der Waals surface area contributed by atoms with Gasteiger partial charge < -0.3 is 15.2 Å². The predicted molar refractivity (Wildman–Crippen MR) is 67.0 cm³/mol. The molecule has 3 heteroatoms. The molecule has 1 rings (SSSR count). The van der Waals surface area contributed by atoms with Crippen LogP contribution >= 0.6 is 0 Å². The number of ether oxygens (including phenoxy) is 1. The van der Waals surface area contributed by atoms with Crippen LogP contribution in [-0.4, -0.2) is 24.4 Å². The van der Waals surface area contributed by atoms with Gasteiger partial charge in [-0.3, -0.25) is 0 Å². The Morgan fingerprint density at radius 3 is 2.56 bits per heavy atom. The quantitative estimate of drug-likeness (QED) is 0.746. The van der Waals surface area contributed by atoms with Crippen LogP contribution in [0.5, 0.6) is 5.75 Å². The lowest BCUT2D eigenvalue weighted by Gasteiger charge is -2.09. The predicted octanol–water partition coefficient (Wildman–Crippen LogP) is 2.66. The largest absolute Gasteiger partial charge is 0.494 e. The van der Waals surface area contributed by atoms with E-state index in [0.717, 1.165) is 37.4 Å². The average Bonchev–Trinajstić information content (AvgIpc) is 2.27. The normalized spacial score (nSPS) is 12.2.